The van der Waals surface area contributed by atoms with Crippen molar-refractivity contribution in [1.29, 1.82) is 0 Å². The standard InChI is InChI=1S/C20H21N3/c1-15-19(17-12-13-21-14-17)22-23(18-10-6-3-7-11-18)20(15)16-8-4-2-5-9-16/h2-11,17,21H,12-14H2,1H3. The van der Waals surface area contributed by atoms with E-state index in [4.69, 9.17) is 5.10 Å². The molecule has 0 saturated carbocycles. The minimum atomic E-state index is 0.516. The first-order valence-electron chi connectivity index (χ1n) is 8.25. The van der Waals surface area contributed by atoms with Crippen molar-refractivity contribution in [3.8, 4) is 16.9 Å². The highest BCUT2D eigenvalue weighted by molar-refractivity contribution is 5.67. The lowest BCUT2D eigenvalue weighted by Gasteiger charge is -2.08. The van der Waals surface area contributed by atoms with Gasteiger partial charge in [0.05, 0.1) is 17.1 Å². The zero-order chi connectivity index (χ0) is 15.6. The second-order valence-corrected chi connectivity index (χ2v) is 6.16. The smallest absolute Gasteiger partial charge is 0.0773 e. The molecule has 2 heterocycles. The SMILES string of the molecule is Cc1c(C2CCNC2)nn(-c2ccccc2)c1-c1ccccc1. The van der Waals surface area contributed by atoms with Crippen molar-refractivity contribution < 1.29 is 0 Å². The van der Waals surface area contributed by atoms with Gasteiger partial charge in [-0.3, -0.25) is 0 Å². The van der Waals surface area contributed by atoms with Gasteiger partial charge in [0.2, 0.25) is 0 Å². The third kappa shape index (κ3) is 2.57. The van der Waals surface area contributed by atoms with Gasteiger partial charge in [-0.1, -0.05) is 48.5 Å². The van der Waals surface area contributed by atoms with Gasteiger partial charge in [0.1, 0.15) is 0 Å². The lowest BCUT2D eigenvalue weighted by molar-refractivity contribution is 0.707. The number of benzene rings is 2. The highest BCUT2D eigenvalue weighted by Crippen LogP contribution is 2.33. The summed E-state index contributed by atoms with van der Waals surface area (Å²) in [5.41, 5.74) is 6.08. The first-order chi connectivity index (χ1) is 11.3. The molecule has 1 aliphatic heterocycles. The average Bonchev–Trinajstić information content (AvgIpc) is 3.24. The molecule has 3 heteroatoms. The fourth-order valence-corrected chi connectivity index (χ4v) is 3.48. The first-order valence-corrected chi connectivity index (χ1v) is 8.25. The highest BCUT2D eigenvalue weighted by Gasteiger charge is 2.25. The van der Waals surface area contributed by atoms with Crippen LogP contribution in [-0.4, -0.2) is 22.9 Å². The van der Waals surface area contributed by atoms with E-state index in [2.05, 4.69) is 71.5 Å². The Morgan fingerprint density at radius 2 is 1.70 bits per heavy atom. The zero-order valence-corrected chi connectivity index (χ0v) is 13.4. The summed E-state index contributed by atoms with van der Waals surface area (Å²) in [4.78, 5) is 0. The molecule has 1 N–H and O–H groups in total. The van der Waals surface area contributed by atoms with Crippen molar-refractivity contribution in [3.63, 3.8) is 0 Å². The predicted molar refractivity (Wildman–Crippen MR) is 94.0 cm³/mol. The minimum absolute atomic E-state index is 0.516. The number of nitrogens with zero attached hydrogens (tertiary/aromatic N) is 2. The van der Waals surface area contributed by atoms with E-state index < -0.39 is 0 Å². The molecule has 1 unspecified atom stereocenters. The fraction of sp³-hybridized carbons (Fsp3) is 0.250. The third-order valence-electron chi connectivity index (χ3n) is 4.65. The number of rotatable bonds is 3. The van der Waals surface area contributed by atoms with Crippen LogP contribution in [0.1, 0.15) is 23.6 Å². The molecule has 116 valence electrons. The van der Waals surface area contributed by atoms with E-state index in [1.54, 1.807) is 0 Å². The van der Waals surface area contributed by atoms with Crippen LogP contribution in [0.15, 0.2) is 60.7 Å². The van der Waals surface area contributed by atoms with E-state index in [1.165, 1.54) is 28.9 Å². The monoisotopic (exact) mass is 303 g/mol. The summed E-state index contributed by atoms with van der Waals surface area (Å²) in [6.45, 7) is 4.33. The molecule has 2 aromatic carbocycles. The number of aromatic nitrogens is 2. The van der Waals surface area contributed by atoms with E-state index in [0.717, 1.165) is 18.8 Å². The molecule has 4 rings (SSSR count). The van der Waals surface area contributed by atoms with E-state index in [-0.39, 0.29) is 0 Å². The second kappa shape index (κ2) is 6.01. The van der Waals surface area contributed by atoms with Gasteiger partial charge in [-0.25, -0.2) is 4.68 Å². The molecule has 1 aliphatic rings. The molecular formula is C20H21N3. The number of hydrogen-bond acceptors (Lipinski definition) is 2. The molecule has 1 fully saturated rings. The molecule has 3 nitrogen and oxygen atoms in total. The fourth-order valence-electron chi connectivity index (χ4n) is 3.48. The van der Waals surface area contributed by atoms with Crippen LogP contribution in [0.25, 0.3) is 16.9 Å². The Hall–Kier alpha value is -2.39. The molecule has 3 aromatic rings. The summed E-state index contributed by atoms with van der Waals surface area (Å²) in [6.07, 6.45) is 1.17. The van der Waals surface area contributed by atoms with Gasteiger partial charge in [0.25, 0.3) is 0 Å². The molecule has 1 atom stereocenters. The summed E-state index contributed by atoms with van der Waals surface area (Å²) in [6, 6.07) is 21.0. The third-order valence-corrected chi connectivity index (χ3v) is 4.65. The van der Waals surface area contributed by atoms with Gasteiger partial charge in [-0.15, -0.1) is 0 Å². The molecule has 0 spiro atoms. The summed E-state index contributed by atoms with van der Waals surface area (Å²) < 4.78 is 2.11. The quantitative estimate of drug-likeness (QED) is 0.794. The van der Waals surface area contributed by atoms with Crippen LogP contribution >= 0.6 is 0 Å². The van der Waals surface area contributed by atoms with Crippen LogP contribution in [-0.2, 0) is 0 Å². The normalized spacial score (nSPS) is 17.5. The van der Waals surface area contributed by atoms with Crippen molar-refractivity contribution in [2.45, 2.75) is 19.3 Å². The Bertz CT molecular complexity index is 785. The van der Waals surface area contributed by atoms with Crippen LogP contribution in [0.2, 0.25) is 0 Å². The van der Waals surface area contributed by atoms with E-state index in [0.29, 0.717) is 5.92 Å². The van der Waals surface area contributed by atoms with Crippen LogP contribution < -0.4 is 5.32 Å². The van der Waals surface area contributed by atoms with Crippen molar-refractivity contribution >= 4 is 0 Å². The molecule has 0 radical (unpaired) electrons. The molecule has 1 aromatic heterocycles. The Balaban J connectivity index is 1.91. The van der Waals surface area contributed by atoms with Crippen molar-refractivity contribution in [2.24, 2.45) is 0 Å². The van der Waals surface area contributed by atoms with Gasteiger partial charge in [-0.2, -0.15) is 5.10 Å². The maximum atomic E-state index is 5.02. The highest BCUT2D eigenvalue weighted by atomic mass is 15.3. The molecule has 0 aliphatic carbocycles. The largest absolute Gasteiger partial charge is 0.316 e. The lowest BCUT2D eigenvalue weighted by Crippen LogP contribution is -2.09. The van der Waals surface area contributed by atoms with Gasteiger partial charge < -0.3 is 5.32 Å². The molecule has 0 amide bonds. The van der Waals surface area contributed by atoms with Gasteiger partial charge in [0, 0.05) is 18.0 Å². The van der Waals surface area contributed by atoms with Crippen LogP contribution in [0.5, 0.6) is 0 Å². The van der Waals surface area contributed by atoms with Gasteiger partial charge in [-0.05, 0) is 37.6 Å². The molecular weight excluding hydrogens is 282 g/mol. The lowest BCUT2D eigenvalue weighted by atomic mass is 9.98. The maximum absolute atomic E-state index is 5.02. The number of para-hydroxylation sites is 1. The van der Waals surface area contributed by atoms with Gasteiger partial charge >= 0.3 is 0 Å². The zero-order valence-electron chi connectivity index (χ0n) is 13.4. The van der Waals surface area contributed by atoms with Crippen LogP contribution in [0.4, 0.5) is 0 Å². The molecule has 1 saturated heterocycles. The first kappa shape index (κ1) is 14.2. The van der Waals surface area contributed by atoms with Crippen molar-refractivity contribution in [3.05, 3.63) is 71.9 Å². The van der Waals surface area contributed by atoms with Crippen LogP contribution in [0, 0.1) is 6.92 Å². The minimum Gasteiger partial charge on any atom is -0.316 e. The Kier molecular flexibility index (Phi) is 3.72. The topological polar surface area (TPSA) is 29.9 Å². The summed E-state index contributed by atoms with van der Waals surface area (Å²) in [5, 5.41) is 8.47. The van der Waals surface area contributed by atoms with Gasteiger partial charge in [0.15, 0.2) is 0 Å². The van der Waals surface area contributed by atoms with Crippen molar-refractivity contribution in [2.75, 3.05) is 13.1 Å². The molecule has 23 heavy (non-hydrogen) atoms. The average molecular weight is 303 g/mol. The predicted octanol–water partition coefficient (Wildman–Crippen LogP) is 3.92. The summed E-state index contributed by atoms with van der Waals surface area (Å²) >= 11 is 0. The van der Waals surface area contributed by atoms with E-state index in [9.17, 15) is 0 Å². The number of nitrogens with one attached hydrogen (secondary N) is 1. The number of hydrogen-bond donors (Lipinski definition) is 1. The van der Waals surface area contributed by atoms with Crippen LogP contribution in [0.3, 0.4) is 0 Å². The second-order valence-electron chi connectivity index (χ2n) is 6.16. The summed E-state index contributed by atoms with van der Waals surface area (Å²) in [5.74, 6) is 0.516. The molecule has 0 bridgehead atoms. The Labute approximate surface area is 137 Å². The van der Waals surface area contributed by atoms with E-state index >= 15 is 0 Å². The summed E-state index contributed by atoms with van der Waals surface area (Å²) in [7, 11) is 0. The Morgan fingerprint density at radius 3 is 2.35 bits per heavy atom. The Morgan fingerprint density at radius 1 is 1.00 bits per heavy atom. The maximum Gasteiger partial charge on any atom is 0.0773 e. The van der Waals surface area contributed by atoms with E-state index in [1.807, 2.05) is 6.07 Å². The van der Waals surface area contributed by atoms with Crippen molar-refractivity contribution in [1.82, 2.24) is 15.1 Å².